The fraction of sp³-hybridized carbons (Fsp3) is 0.333. The zero-order valence-electron chi connectivity index (χ0n) is 10.4. The second-order valence-corrected chi connectivity index (χ2v) is 3.82. The Kier molecular flexibility index (Phi) is 3.57. The molecule has 0 amide bonds. The Hall–Kier alpha value is -1.95. The van der Waals surface area contributed by atoms with E-state index in [2.05, 4.69) is 15.5 Å². The molecule has 1 unspecified atom stereocenters. The summed E-state index contributed by atoms with van der Waals surface area (Å²) in [7, 11) is 3.21. The summed E-state index contributed by atoms with van der Waals surface area (Å²) in [4.78, 5) is 4.24. The van der Waals surface area contributed by atoms with Crippen LogP contribution in [0.5, 0.6) is 5.75 Å². The van der Waals surface area contributed by atoms with E-state index in [1.165, 1.54) is 19.2 Å². The van der Waals surface area contributed by atoms with Crippen LogP contribution in [0.25, 0.3) is 11.4 Å². The molecule has 0 aliphatic heterocycles. The Bertz CT molecular complexity index is 542. The smallest absolute Gasteiger partial charge is 0.243 e. The largest absolute Gasteiger partial charge is 0.494 e. The van der Waals surface area contributed by atoms with E-state index in [-0.39, 0.29) is 11.8 Å². The maximum Gasteiger partial charge on any atom is 0.243 e. The molecule has 0 aliphatic rings. The third-order valence-electron chi connectivity index (χ3n) is 2.65. The van der Waals surface area contributed by atoms with Crippen LogP contribution in [0.1, 0.15) is 18.9 Å². The summed E-state index contributed by atoms with van der Waals surface area (Å²) in [5.41, 5.74) is 0.645. The average molecular weight is 251 g/mol. The first kappa shape index (κ1) is 12.5. The van der Waals surface area contributed by atoms with Gasteiger partial charge in [0.1, 0.15) is 0 Å². The van der Waals surface area contributed by atoms with Gasteiger partial charge in [0.05, 0.1) is 13.2 Å². The molecule has 1 atom stereocenters. The Labute approximate surface area is 104 Å². The number of nitrogens with one attached hydrogen (secondary N) is 1. The number of aromatic nitrogens is 2. The first-order valence-electron chi connectivity index (χ1n) is 5.50. The van der Waals surface area contributed by atoms with Gasteiger partial charge in [0.2, 0.25) is 11.7 Å². The Morgan fingerprint density at radius 2 is 2.22 bits per heavy atom. The molecule has 1 heterocycles. The zero-order chi connectivity index (χ0) is 13.1. The highest BCUT2D eigenvalue weighted by molar-refractivity contribution is 5.57. The van der Waals surface area contributed by atoms with Gasteiger partial charge >= 0.3 is 0 Å². The van der Waals surface area contributed by atoms with Gasteiger partial charge in [0, 0.05) is 5.56 Å². The highest BCUT2D eigenvalue weighted by Crippen LogP contribution is 2.25. The minimum Gasteiger partial charge on any atom is -0.494 e. The van der Waals surface area contributed by atoms with Gasteiger partial charge in [0.25, 0.3) is 0 Å². The summed E-state index contributed by atoms with van der Waals surface area (Å²) in [6, 6.07) is 4.39. The van der Waals surface area contributed by atoms with Crippen LogP contribution in [0.15, 0.2) is 22.7 Å². The summed E-state index contributed by atoms with van der Waals surface area (Å²) >= 11 is 0. The Balaban J connectivity index is 2.34. The van der Waals surface area contributed by atoms with E-state index in [4.69, 9.17) is 9.26 Å². The van der Waals surface area contributed by atoms with E-state index >= 15 is 0 Å². The predicted octanol–water partition coefficient (Wildman–Crippen LogP) is 2.16. The summed E-state index contributed by atoms with van der Waals surface area (Å²) in [5, 5.41) is 6.85. The van der Waals surface area contributed by atoms with Crippen molar-refractivity contribution >= 4 is 0 Å². The van der Waals surface area contributed by atoms with Gasteiger partial charge in [-0.15, -0.1) is 0 Å². The van der Waals surface area contributed by atoms with Crippen LogP contribution in [-0.2, 0) is 0 Å². The molecule has 0 fully saturated rings. The van der Waals surface area contributed by atoms with E-state index in [0.29, 0.717) is 17.3 Å². The van der Waals surface area contributed by atoms with Crippen molar-refractivity contribution < 1.29 is 13.7 Å². The number of hydrogen-bond acceptors (Lipinski definition) is 5. The van der Waals surface area contributed by atoms with Crippen LogP contribution in [-0.4, -0.2) is 24.3 Å². The van der Waals surface area contributed by atoms with Crippen molar-refractivity contribution in [2.75, 3.05) is 14.2 Å². The fourth-order valence-electron chi connectivity index (χ4n) is 1.45. The average Bonchev–Trinajstić information content (AvgIpc) is 2.88. The van der Waals surface area contributed by atoms with Crippen molar-refractivity contribution in [3.8, 4) is 17.1 Å². The number of rotatable bonds is 4. The monoisotopic (exact) mass is 251 g/mol. The van der Waals surface area contributed by atoms with Crippen LogP contribution in [0, 0.1) is 5.82 Å². The van der Waals surface area contributed by atoms with Gasteiger partial charge in [-0.2, -0.15) is 4.98 Å². The molecule has 0 saturated heterocycles. The van der Waals surface area contributed by atoms with Crippen LogP contribution < -0.4 is 10.1 Å². The van der Waals surface area contributed by atoms with E-state index in [1.807, 2.05) is 6.92 Å². The number of nitrogens with zero attached hydrogens (tertiary/aromatic N) is 2. The molecule has 1 N–H and O–H groups in total. The van der Waals surface area contributed by atoms with E-state index in [0.717, 1.165) is 0 Å². The van der Waals surface area contributed by atoms with Crippen molar-refractivity contribution in [3.05, 3.63) is 29.9 Å². The Morgan fingerprint density at radius 3 is 2.89 bits per heavy atom. The molecule has 0 radical (unpaired) electrons. The van der Waals surface area contributed by atoms with Crippen molar-refractivity contribution in [1.29, 1.82) is 0 Å². The predicted molar refractivity (Wildman–Crippen MR) is 63.7 cm³/mol. The van der Waals surface area contributed by atoms with Gasteiger partial charge in [-0.1, -0.05) is 5.16 Å². The summed E-state index contributed by atoms with van der Waals surface area (Å²) in [6.07, 6.45) is 0. The molecule has 96 valence electrons. The number of halogens is 1. The maximum absolute atomic E-state index is 13.3. The van der Waals surface area contributed by atoms with E-state index < -0.39 is 5.82 Å². The highest BCUT2D eigenvalue weighted by atomic mass is 19.1. The van der Waals surface area contributed by atoms with Gasteiger partial charge in [-0.05, 0) is 32.2 Å². The van der Waals surface area contributed by atoms with E-state index in [1.54, 1.807) is 13.1 Å². The number of ether oxygens (including phenoxy) is 1. The number of methoxy groups -OCH3 is 1. The third kappa shape index (κ3) is 2.33. The molecule has 0 saturated carbocycles. The zero-order valence-corrected chi connectivity index (χ0v) is 10.4. The lowest BCUT2D eigenvalue weighted by Gasteiger charge is -2.03. The van der Waals surface area contributed by atoms with Crippen LogP contribution in [0.3, 0.4) is 0 Å². The first-order valence-corrected chi connectivity index (χ1v) is 5.50. The molecule has 1 aromatic carbocycles. The van der Waals surface area contributed by atoms with Gasteiger partial charge in [-0.3, -0.25) is 0 Å². The summed E-state index contributed by atoms with van der Waals surface area (Å²) in [5.74, 6) is 0.621. The fourth-order valence-corrected chi connectivity index (χ4v) is 1.45. The Morgan fingerprint density at radius 1 is 1.44 bits per heavy atom. The van der Waals surface area contributed by atoms with Crippen LogP contribution >= 0.6 is 0 Å². The topological polar surface area (TPSA) is 60.2 Å². The van der Waals surface area contributed by atoms with Gasteiger partial charge in [-0.25, -0.2) is 4.39 Å². The second kappa shape index (κ2) is 5.14. The third-order valence-corrected chi connectivity index (χ3v) is 2.65. The molecule has 0 bridgehead atoms. The van der Waals surface area contributed by atoms with Crippen molar-refractivity contribution in [2.45, 2.75) is 13.0 Å². The number of benzene rings is 1. The van der Waals surface area contributed by atoms with Crippen molar-refractivity contribution in [2.24, 2.45) is 0 Å². The van der Waals surface area contributed by atoms with E-state index in [9.17, 15) is 4.39 Å². The van der Waals surface area contributed by atoms with Gasteiger partial charge < -0.3 is 14.6 Å². The lowest BCUT2D eigenvalue weighted by molar-refractivity contribution is 0.347. The molecule has 0 spiro atoms. The summed E-state index contributed by atoms with van der Waals surface area (Å²) in [6.45, 7) is 1.91. The SMILES string of the molecule is CNC(C)c1nc(-c2ccc(F)c(OC)c2)no1. The molecule has 1 aromatic heterocycles. The second-order valence-electron chi connectivity index (χ2n) is 3.82. The molecule has 0 aliphatic carbocycles. The lowest BCUT2D eigenvalue weighted by atomic mass is 10.2. The molecule has 6 heteroatoms. The lowest BCUT2D eigenvalue weighted by Crippen LogP contribution is -2.12. The minimum atomic E-state index is -0.423. The normalized spacial score (nSPS) is 12.4. The molecular formula is C12H14FN3O2. The van der Waals surface area contributed by atoms with Crippen molar-refractivity contribution in [1.82, 2.24) is 15.5 Å². The maximum atomic E-state index is 13.3. The summed E-state index contributed by atoms with van der Waals surface area (Å²) < 4.78 is 23.3. The molecule has 2 aromatic rings. The van der Waals surface area contributed by atoms with Crippen LogP contribution in [0.4, 0.5) is 4.39 Å². The standard InChI is InChI=1S/C12H14FN3O2/c1-7(14-2)12-15-11(16-18-12)8-4-5-9(13)10(6-8)17-3/h4-7,14H,1-3H3. The number of hydrogen-bond donors (Lipinski definition) is 1. The molecule has 18 heavy (non-hydrogen) atoms. The van der Waals surface area contributed by atoms with Crippen molar-refractivity contribution in [3.63, 3.8) is 0 Å². The molecule has 5 nitrogen and oxygen atoms in total. The molecular weight excluding hydrogens is 237 g/mol. The quantitative estimate of drug-likeness (QED) is 0.902. The minimum absolute atomic E-state index is 0.0337. The van der Waals surface area contributed by atoms with Gasteiger partial charge in [0.15, 0.2) is 11.6 Å². The molecule has 2 rings (SSSR count). The van der Waals surface area contributed by atoms with Crippen LogP contribution in [0.2, 0.25) is 0 Å². The highest BCUT2D eigenvalue weighted by Gasteiger charge is 2.14. The first-order chi connectivity index (χ1) is 8.65.